The molecule has 2 unspecified atom stereocenters. The maximum atomic E-state index is 17.0. The van der Waals surface area contributed by atoms with Crippen LogP contribution < -0.4 is 15.0 Å². The monoisotopic (exact) mass is 606 g/mol. The van der Waals surface area contributed by atoms with Crippen LogP contribution in [0.25, 0.3) is 32.8 Å². The Kier molecular flexibility index (Phi) is 6.56. The number of phenols is 1. The van der Waals surface area contributed by atoms with Crippen molar-refractivity contribution in [1.82, 2.24) is 20.2 Å². The average Bonchev–Trinajstić information content (AvgIpc) is 3.71. The highest BCUT2D eigenvalue weighted by Crippen LogP contribution is 2.47. The van der Waals surface area contributed by atoms with Gasteiger partial charge in [0.1, 0.15) is 22.9 Å². The molecule has 45 heavy (non-hydrogen) atoms. The Balaban J connectivity index is 1.30. The molecule has 1 aliphatic carbocycles. The minimum absolute atomic E-state index is 0.00207. The van der Waals surface area contributed by atoms with Gasteiger partial charge in [0.2, 0.25) is 0 Å². The Hall–Kier alpha value is -4.51. The third-order valence-electron chi connectivity index (χ3n) is 9.96. The fraction of sp³-hybridized carbons (Fsp3) is 0.400. The molecular formula is C35H32F2N6O2. The Morgan fingerprint density at radius 2 is 1.89 bits per heavy atom. The minimum atomic E-state index is -0.781. The number of rotatable bonds is 7. The van der Waals surface area contributed by atoms with Crippen molar-refractivity contribution in [3.05, 3.63) is 53.1 Å². The molecule has 3 aliphatic heterocycles. The van der Waals surface area contributed by atoms with Gasteiger partial charge >= 0.3 is 6.01 Å². The van der Waals surface area contributed by atoms with Crippen LogP contribution in [0.4, 0.5) is 14.6 Å². The summed E-state index contributed by atoms with van der Waals surface area (Å²) in [5.41, 5.74) is -0.0213. The zero-order valence-corrected chi connectivity index (χ0v) is 24.7. The minimum Gasteiger partial charge on any atom is -0.508 e. The molecule has 0 radical (unpaired) electrons. The lowest BCUT2D eigenvalue weighted by molar-refractivity contribution is 0.111. The van der Waals surface area contributed by atoms with E-state index in [1.54, 1.807) is 6.07 Å². The molecule has 4 aromatic rings. The van der Waals surface area contributed by atoms with Crippen molar-refractivity contribution in [1.29, 1.82) is 5.26 Å². The van der Waals surface area contributed by atoms with Crippen LogP contribution in [0.1, 0.15) is 43.2 Å². The predicted octanol–water partition coefficient (Wildman–Crippen LogP) is 5.09. The highest BCUT2D eigenvalue weighted by molar-refractivity contribution is 6.05. The first-order valence-electron chi connectivity index (χ1n) is 15.6. The van der Waals surface area contributed by atoms with Gasteiger partial charge in [-0.3, -0.25) is 0 Å². The summed E-state index contributed by atoms with van der Waals surface area (Å²) >= 11 is 0. The molecule has 1 saturated carbocycles. The lowest BCUT2D eigenvalue weighted by Crippen LogP contribution is -2.51. The highest BCUT2D eigenvalue weighted by atomic mass is 19.1. The van der Waals surface area contributed by atoms with Crippen molar-refractivity contribution < 1.29 is 18.6 Å². The number of terminal acetylenes is 1. The van der Waals surface area contributed by atoms with E-state index >= 15 is 4.39 Å². The van der Waals surface area contributed by atoms with Gasteiger partial charge in [-0.1, -0.05) is 12.0 Å². The molecule has 0 spiro atoms. The highest BCUT2D eigenvalue weighted by Gasteiger charge is 2.46. The van der Waals surface area contributed by atoms with Crippen LogP contribution in [0.2, 0.25) is 0 Å². The second-order valence-electron chi connectivity index (χ2n) is 13.1. The first-order chi connectivity index (χ1) is 21.8. The van der Waals surface area contributed by atoms with Gasteiger partial charge in [0, 0.05) is 53.5 Å². The number of hydrogen-bond acceptors (Lipinski definition) is 8. The Labute approximate surface area is 259 Å². The maximum absolute atomic E-state index is 17.0. The number of nitriles is 1. The third-order valence-corrected chi connectivity index (χ3v) is 9.96. The molecule has 1 aromatic heterocycles. The quantitative estimate of drug-likeness (QED) is 0.281. The molecule has 4 heterocycles. The van der Waals surface area contributed by atoms with Gasteiger partial charge in [-0.05, 0) is 80.4 Å². The van der Waals surface area contributed by atoms with Crippen molar-refractivity contribution in [2.45, 2.75) is 44.2 Å². The SMILES string of the molecule is C#Cc1c(F)ccc2cc(O)cc(-c3c(C#N)cc4c(N5CC6CCC(C5)N6)nc(OCC5(CN6CCC6)CC5)nc4c3F)c12. The topological polar surface area (TPSA) is 97.5 Å². The number of anilines is 1. The van der Waals surface area contributed by atoms with E-state index in [0.29, 0.717) is 48.4 Å². The van der Waals surface area contributed by atoms with E-state index in [4.69, 9.17) is 16.1 Å². The van der Waals surface area contributed by atoms with E-state index in [2.05, 4.69) is 32.1 Å². The fourth-order valence-corrected chi connectivity index (χ4v) is 7.34. The van der Waals surface area contributed by atoms with Crippen molar-refractivity contribution in [3.63, 3.8) is 0 Å². The number of aromatic nitrogens is 2. The molecule has 0 amide bonds. The van der Waals surface area contributed by atoms with Crippen LogP contribution >= 0.6 is 0 Å². The molecule has 2 atom stereocenters. The van der Waals surface area contributed by atoms with Crippen LogP contribution in [-0.2, 0) is 0 Å². The number of aromatic hydroxyl groups is 1. The largest absolute Gasteiger partial charge is 0.508 e. The molecule has 10 heteroatoms. The summed E-state index contributed by atoms with van der Waals surface area (Å²) < 4.78 is 38.2. The van der Waals surface area contributed by atoms with E-state index in [-0.39, 0.29) is 50.3 Å². The van der Waals surface area contributed by atoms with Crippen LogP contribution in [0.5, 0.6) is 11.8 Å². The van der Waals surface area contributed by atoms with E-state index in [1.807, 2.05) is 0 Å². The molecule has 3 aromatic carbocycles. The van der Waals surface area contributed by atoms with E-state index in [9.17, 15) is 14.8 Å². The lowest BCUT2D eigenvalue weighted by Gasteiger charge is -2.35. The molecule has 4 aliphatic rings. The van der Waals surface area contributed by atoms with Gasteiger partial charge in [0.25, 0.3) is 0 Å². The first kappa shape index (κ1) is 28.0. The lowest BCUT2D eigenvalue weighted by atomic mass is 9.90. The predicted molar refractivity (Wildman–Crippen MR) is 167 cm³/mol. The van der Waals surface area contributed by atoms with E-state index in [0.717, 1.165) is 45.3 Å². The molecule has 2 bridgehead atoms. The van der Waals surface area contributed by atoms with Crippen LogP contribution in [0.3, 0.4) is 0 Å². The van der Waals surface area contributed by atoms with Gasteiger partial charge in [-0.15, -0.1) is 6.42 Å². The Morgan fingerprint density at radius 3 is 2.56 bits per heavy atom. The normalized spacial score (nSPS) is 21.8. The molecule has 8 rings (SSSR count). The first-order valence-corrected chi connectivity index (χ1v) is 15.6. The van der Waals surface area contributed by atoms with Gasteiger partial charge in [-0.2, -0.15) is 15.2 Å². The van der Waals surface area contributed by atoms with E-state index in [1.165, 1.54) is 30.7 Å². The number of hydrogen-bond donors (Lipinski definition) is 2. The molecule has 228 valence electrons. The van der Waals surface area contributed by atoms with Crippen molar-refractivity contribution in [2.24, 2.45) is 5.41 Å². The number of halogens is 2. The van der Waals surface area contributed by atoms with Gasteiger partial charge in [0.05, 0.1) is 23.8 Å². The van der Waals surface area contributed by atoms with Crippen molar-refractivity contribution in [2.75, 3.05) is 44.2 Å². The van der Waals surface area contributed by atoms with Gasteiger partial charge in [-0.25, -0.2) is 8.78 Å². The summed E-state index contributed by atoms with van der Waals surface area (Å²) in [6.07, 6.45) is 11.1. The number of nitrogens with zero attached hydrogens (tertiary/aromatic N) is 5. The van der Waals surface area contributed by atoms with Gasteiger partial charge in [0.15, 0.2) is 5.82 Å². The zero-order chi connectivity index (χ0) is 30.9. The van der Waals surface area contributed by atoms with Crippen LogP contribution in [-0.4, -0.2) is 71.4 Å². The number of benzene rings is 3. The fourth-order valence-electron chi connectivity index (χ4n) is 7.34. The van der Waals surface area contributed by atoms with Crippen LogP contribution in [0, 0.1) is 40.7 Å². The van der Waals surface area contributed by atoms with Crippen molar-refractivity contribution in [3.8, 4) is 41.3 Å². The average molecular weight is 607 g/mol. The third kappa shape index (κ3) is 4.80. The summed E-state index contributed by atoms with van der Waals surface area (Å²) in [5, 5.41) is 25.6. The Morgan fingerprint density at radius 1 is 1.11 bits per heavy atom. The number of nitrogens with one attached hydrogen (secondary N) is 1. The van der Waals surface area contributed by atoms with Crippen LogP contribution in [0.15, 0.2) is 30.3 Å². The molecule has 4 fully saturated rings. The number of fused-ring (bicyclic) bond motifs is 4. The number of ether oxygens (including phenoxy) is 1. The van der Waals surface area contributed by atoms with Crippen molar-refractivity contribution >= 4 is 27.5 Å². The summed E-state index contributed by atoms with van der Waals surface area (Å²) in [6, 6.07) is 9.82. The number of likely N-dealkylation sites (tertiary alicyclic amines) is 1. The zero-order valence-electron chi connectivity index (χ0n) is 24.7. The summed E-state index contributed by atoms with van der Waals surface area (Å²) in [5.74, 6) is 1.29. The standard InChI is InChI=1S/C35H32F2N6O2/c1-2-25-28(36)7-4-20-12-24(44)14-26(29(20)25)30-21(15-38)13-27-32(31(30)37)40-34(45-19-35(8-9-35)18-42-10-3-11-42)41-33(27)43-16-22-5-6-23(17-43)39-22/h1,4,7,12-14,22-23,39,44H,3,5-6,8-11,16-19H2. The smallest absolute Gasteiger partial charge is 0.319 e. The molecule has 3 saturated heterocycles. The maximum Gasteiger partial charge on any atom is 0.319 e. The summed E-state index contributed by atoms with van der Waals surface area (Å²) in [4.78, 5) is 14.0. The molecule has 2 N–H and O–H groups in total. The number of phenolic OH excluding ortho intramolecular Hbond substituents is 1. The number of piperazine rings is 1. The Bertz CT molecular complexity index is 1950. The summed E-state index contributed by atoms with van der Waals surface area (Å²) in [7, 11) is 0. The van der Waals surface area contributed by atoms with E-state index < -0.39 is 11.6 Å². The van der Waals surface area contributed by atoms with Gasteiger partial charge < -0.3 is 25.0 Å². The molecule has 8 nitrogen and oxygen atoms in total. The molecular weight excluding hydrogens is 574 g/mol. The second kappa shape index (κ2) is 10.5. The second-order valence-corrected chi connectivity index (χ2v) is 13.1. The summed E-state index contributed by atoms with van der Waals surface area (Å²) in [6.45, 7) is 5.00.